The maximum Gasteiger partial charge on any atom is -0.0105 e. The molecule has 0 fully saturated rings. The minimum atomic E-state index is 1.17. The Hall–Kier alpha value is -7.02. The Morgan fingerprint density at radius 1 is 0.339 bits per heavy atom. The molecule has 0 bridgehead atoms. The van der Waals surface area contributed by atoms with Gasteiger partial charge in [0.15, 0.2) is 0 Å². The molecule has 0 aliphatic rings. The van der Waals surface area contributed by atoms with Crippen LogP contribution in [0.4, 0.5) is 0 Å². The standard InChI is InChI=1S/C56H44/c1-41-37-43(28-32-51(41)39-55(45-17-7-3-8-18-45)46-19-9-4-10-20-46)27-31-50-35-34-49-25-15-16-26-53(49)54(50)36-30-44-29-33-52(42(2)38-44)40-56(47-21-11-5-12-22-47)48-23-13-6-14-24-48/h3-40H,1-2H3. The molecule has 56 heavy (non-hydrogen) atoms. The molecule has 0 nitrogen and oxygen atoms in total. The van der Waals surface area contributed by atoms with E-state index >= 15 is 0 Å². The number of fused-ring (bicyclic) bond motifs is 1. The van der Waals surface area contributed by atoms with Crippen LogP contribution in [-0.4, -0.2) is 0 Å². The van der Waals surface area contributed by atoms with Crippen molar-refractivity contribution in [1.82, 2.24) is 0 Å². The van der Waals surface area contributed by atoms with E-state index in [2.05, 4.69) is 244 Å². The van der Waals surface area contributed by atoms with E-state index in [0.29, 0.717) is 0 Å². The third-order valence-electron chi connectivity index (χ3n) is 10.4. The molecule has 268 valence electrons. The van der Waals surface area contributed by atoms with Crippen molar-refractivity contribution in [2.24, 2.45) is 0 Å². The second-order valence-electron chi connectivity index (χ2n) is 14.3. The molecule has 0 N–H and O–H groups in total. The summed E-state index contributed by atoms with van der Waals surface area (Å²) in [6.45, 7) is 4.41. The lowest BCUT2D eigenvalue weighted by atomic mass is 9.93. The lowest BCUT2D eigenvalue weighted by molar-refractivity contribution is 1.43. The SMILES string of the molecule is Cc1cc(C=Cc2ccc3ccccc3c2C=Cc2ccc(C=C(c3ccccc3)c3ccccc3)c(C)c2)ccc1C=C(c1ccccc1)c1ccccc1. The van der Waals surface area contributed by atoms with Gasteiger partial charge in [-0.05, 0) is 115 Å². The first kappa shape index (κ1) is 36.0. The third-order valence-corrected chi connectivity index (χ3v) is 10.4. The van der Waals surface area contributed by atoms with Gasteiger partial charge in [0, 0.05) is 0 Å². The van der Waals surface area contributed by atoms with Crippen LogP contribution < -0.4 is 0 Å². The van der Waals surface area contributed by atoms with Crippen LogP contribution in [0.5, 0.6) is 0 Å². The van der Waals surface area contributed by atoms with Crippen LogP contribution in [0.3, 0.4) is 0 Å². The fraction of sp³-hybridized carbons (Fsp3) is 0.0357. The Morgan fingerprint density at radius 2 is 0.732 bits per heavy atom. The first-order valence-corrected chi connectivity index (χ1v) is 19.3. The Bertz CT molecular complexity index is 2630. The van der Waals surface area contributed by atoms with Gasteiger partial charge < -0.3 is 0 Å². The zero-order valence-corrected chi connectivity index (χ0v) is 31.9. The minimum Gasteiger partial charge on any atom is -0.0622 e. The fourth-order valence-electron chi connectivity index (χ4n) is 7.39. The maximum atomic E-state index is 2.32. The monoisotopic (exact) mass is 716 g/mol. The summed E-state index contributed by atoms with van der Waals surface area (Å²) < 4.78 is 0. The predicted octanol–water partition coefficient (Wildman–Crippen LogP) is 15.0. The van der Waals surface area contributed by atoms with Gasteiger partial charge in [0.1, 0.15) is 0 Å². The summed E-state index contributed by atoms with van der Waals surface area (Å²) in [5.74, 6) is 0. The van der Waals surface area contributed by atoms with E-state index in [-0.39, 0.29) is 0 Å². The molecule has 0 aromatic heterocycles. The fourth-order valence-corrected chi connectivity index (χ4v) is 7.39. The molecule has 0 aliphatic heterocycles. The molecule has 0 aliphatic carbocycles. The second kappa shape index (κ2) is 17.0. The van der Waals surface area contributed by atoms with Crippen molar-refractivity contribution in [1.29, 1.82) is 0 Å². The van der Waals surface area contributed by atoms with Gasteiger partial charge in [0.2, 0.25) is 0 Å². The molecule has 0 saturated carbocycles. The van der Waals surface area contributed by atoms with Gasteiger partial charge in [-0.3, -0.25) is 0 Å². The summed E-state index contributed by atoms with van der Waals surface area (Å²) >= 11 is 0. The molecule has 0 amide bonds. The summed E-state index contributed by atoms with van der Waals surface area (Å²) in [5.41, 5.74) is 16.9. The summed E-state index contributed by atoms with van der Waals surface area (Å²) in [6, 6.07) is 69.2. The van der Waals surface area contributed by atoms with Crippen molar-refractivity contribution in [2.45, 2.75) is 13.8 Å². The largest absolute Gasteiger partial charge is 0.0622 e. The highest BCUT2D eigenvalue weighted by molar-refractivity contribution is 5.98. The van der Waals surface area contributed by atoms with E-state index in [1.165, 1.54) is 88.7 Å². The Morgan fingerprint density at radius 3 is 1.18 bits per heavy atom. The van der Waals surface area contributed by atoms with E-state index in [0.717, 1.165) is 0 Å². The zero-order chi connectivity index (χ0) is 38.1. The molecule has 0 heterocycles. The van der Waals surface area contributed by atoms with E-state index < -0.39 is 0 Å². The first-order chi connectivity index (χ1) is 27.6. The highest BCUT2D eigenvalue weighted by Crippen LogP contribution is 2.31. The van der Waals surface area contributed by atoms with Crippen molar-refractivity contribution in [3.05, 3.63) is 261 Å². The quantitative estimate of drug-likeness (QED) is 0.124. The van der Waals surface area contributed by atoms with Gasteiger partial charge in [-0.15, -0.1) is 0 Å². The number of hydrogen-bond donors (Lipinski definition) is 0. The van der Waals surface area contributed by atoms with Crippen LogP contribution in [0.1, 0.15) is 66.8 Å². The van der Waals surface area contributed by atoms with Gasteiger partial charge in [-0.25, -0.2) is 0 Å². The summed E-state index contributed by atoms with van der Waals surface area (Å²) in [6.07, 6.45) is 13.6. The van der Waals surface area contributed by atoms with Crippen molar-refractivity contribution in [3.8, 4) is 0 Å². The van der Waals surface area contributed by atoms with Crippen molar-refractivity contribution < 1.29 is 0 Å². The molecule has 0 radical (unpaired) electrons. The molecule has 0 heteroatoms. The summed E-state index contributed by atoms with van der Waals surface area (Å²) in [4.78, 5) is 0. The zero-order valence-electron chi connectivity index (χ0n) is 31.9. The molecule has 0 atom stereocenters. The lowest BCUT2D eigenvalue weighted by Crippen LogP contribution is -1.90. The van der Waals surface area contributed by atoms with E-state index in [4.69, 9.17) is 0 Å². The third kappa shape index (κ3) is 8.36. The lowest BCUT2D eigenvalue weighted by Gasteiger charge is -2.11. The van der Waals surface area contributed by atoms with Crippen molar-refractivity contribution in [3.63, 3.8) is 0 Å². The normalized spacial score (nSPS) is 11.2. The van der Waals surface area contributed by atoms with E-state index in [1.807, 2.05) is 0 Å². The summed E-state index contributed by atoms with van der Waals surface area (Å²) in [5, 5.41) is 2.47. The van der Waals surface area contributed by atoms with Gasteiger partial charge >= 0.3 is 0 Å². The molecular weight excluding hydrogens is 673 g/mol. The maximum absolute atomic E-state index is 2.32. The highest BCUT2D eigenvalue weighted by atomic mass is 14.1. The molecule has 8 aromatic carbocycles. The number of hydrogen-bond acceptors (Lipinski definition) is 0. The van der Waals surface area contributed by atoms with E-state index in [1.54, 1.807) is 0 Å². The van der Waals surface area contributed by atoms with Crippen LogP contribution >= 0.6 is 0 Å². The van der Waals surface area contributed by atoms with Crippen LogP contribution in [0, 0.1) is 13.8 Å². The van der Waals surface area contributed by atoms with Crippen LogP contribution in [0.2, 0.25) is 0 Å². The van der Waals surface area contributed by atoms with Crippen molar-refractivity contribution in [2.75, 3.05) is 0 Å². The number of aryl methyl sites for hydroxylation is 2. The van der Waals surface area contributed by atoms with Crippen LogP contribution in [0.15, 0.2) is 194 Å². The minimum absolute atomic E-state index is 1.17. The predicted molar refractivity (Wildman–Crippen MR) is 244 cm³/mol. The first-order valence-electron chi connectivity index (χ1n) is 19.3. The topological polar surface area (TPSA) is 0 Å². The van der Waals surface area contributed by atoms with Gasteiger partial charge in [0.05, 0.1) is 0 Å². The summed E-state index contributed by atoms with van der Waals surface area (Å²) in [7, 11) is 0. The van der Waals surface area contributed by atoms with Gasteiger partial charge in [0.25, 0.3) is 0 Å². The molecule has 0 saturated heterocycles. The molecule has 0 unspecified atom stereocenters. The molecular formula is C56H44. The second-order valence-corrected chi connectivity index (χ2v) is 14.3. The molecule has 8 aromatic rings. The smallest absolute Gasteiger partial charge is 0.0105 e. The average molecular weight is 717 g/mol. The number of rotatable bonds is 10. The Kier molecular flexibility index (Phi) is 10.9. The molecule has 8 rings (SSSR count). The number of benzene rings is 8. The van der Waals surface area contributed by atoms with Crippen LogP contribution in [0.25, 0.3) is 58.4 Å². The molecule has 0 spiro atoms. The van der Waals surface area contributed by atoms with Crippen LogP contribution in [-0.2, 0) is 0 Å². The van der Waals surface area contributed by atoms with Gasteiger partial charge in [-0.1, -0.05) is 218 Å². The van der Waals surface area contributed by atoms with E-state index in [9.17, 15) is 0 Å². The Labute approximate surface area is 331 Å². The Balaban J connectivity index is 1.09. The average Bonchev–Trinajstić information content (AvgIpc) is 3.25. The highest BCUT2D eigenvalue weighted by Gasteiger charge is 2.09. The van der Waals surface area contributed by atoms with Gasteiger partial charge in [-0.2, -0.15) is 0 Å². The van der Waals surface area contributed by atoms with Crippen molar-refractivity contribution >= 4 is 58.4 Å².